The Labute approximate surface area is 436 Å². The lowest BCUT2D eigenvalue weighted by Crippen LogP contribution is -1.82. The Balaban J connectivity index is 0.000000122. The molecule has 0 fully saturated rings. The number of benzene rings is 8. The number of rotatable bonds is 1. The number of aromatic amines is 1. The summed E-state index contributed by atoms with van der Waals surface area (Å²) in [5.41, 5.74) is 5.72. The smallest absolute Gasteiger partial charge is 0.135 e. The third-order valence-corrected chi connectivity index (χ3v) is 13.9. The number of aromatic nitrogens is 1. The normalized spacial score (nSPS) is 10.6. The number of methoxy groups -OCH3 is 1. The van der Waals surface area contributed by atoms with E-state index in [4.69, 9.17) is 67.2 Å². The number of hydrogen-bond donors (Lipinski definition) is 1. The summed E-state index contributed by atoms with van der Waals surface area (Å²) in [6.45, 7) is 12.4. The first-order valence-corrected chi connectivity index (χ1v) is 25.5. The predicted octanol–water partition coefficient (Wildman–Crippen LogP) is 21.2. The van der Waals surface area contributed by atoms with Crippen LogP contribution in [0.2, 0.25) is 25.1 Å². The molecule has 0 amide bonds. The van der Waals surface area contributed by atoms with Gasteiger partial charge in [0.15, 0.2) is 0 Å². The fourth-order valence-electron chi connectivity index (χ4n) is 7.48. The lowest BCUT2D eigenvalue weighted by atomic mass is 10.1. The molecule has 12 rings (SSSR count). The van der Waals surface area contributed by atoms with E-state index in [1.54, 1.807) is 29.8 Å². The van der Waals surface area contributed by atoms with Gasteiger partial charge in [-0.05, 0) is 189 Å². The minimum absolute atomic E-state index is 0.715. The molecule has 0 aliphatic carbocycles. The van der Waals surface area contributed by atoms with E-state index in [2.05, 4.69) is 112 Å². The number of thiophene rings is 2. The van der Waals surface area contributed by atoms with Crippen LogP contribution in [0.15, 0.2) is 174 Å². The number of H-pyrrole nitrogens is 1. The van der Waals surface area contributed by atoms with Gasteiger partial charge in [-0.25, -0.2) is 0 Å². The standard InChI is InChI=1S/C12H12O.C11H9Cl.C9H8ClN.C9H7ClO.2C9H7ClS/c1-9-3-4-10-5-6-12(13-2)8-11(10)7-9;1-8-2-3-9-4-5-11(12)7-10(9)6-8;1-6-4-7-5-8(10)2-3-9(7)11-6;1-6-4-7-2-3-8(10)5-9(7)11-6;1-6-4-7-5-8(10)2-3-9(7)11-6;1-6-4-7-2-3-8(10)5-9(7)11-6/h3-8H,1-2H3;2-7H,1H3;2-5,11H,1H3;3*2-5H,1H3. The lowest BCUT2D eigenvalue weighted by Gasteiger charge is -2.02. The molecule has 12 aromatic rings. The van der Waals surface area contributed by atoms with Crippen LogP contribution in [0, 0.1) is 41.5 Å². The molecule has 0 bridgehead atoms. The highest BCUT2D eigenvalue weighted by atomic mass is 35.5. The average molecular weight is 1050 g/mol. The van der Waals surface area contributed by atoms with Crippen LogP contribution < -0.4 is 4.74 Å². The first-order chi connectivity index (χ1) is 33.1. The van der Waals surface area contributed by atoms with E-state index in [1.807, 2.05) is 105 Å². The predicted molar refractivity (Wildman–Crippen MR) is 306 cm³/mol. The van der Waals surface area contributed by atoms with E-state index in [9.17, 15) is 0 Å². The van der Waals surface area contributed by atoms with Crippen LogP contribution in [-0.2, 0) is 0 Å². The number of hydrogen-bond acceptors (Lipinski definition) is 4. The molecule has 0 aliphatic heterocycles. The zero-order valence-corrected chi connectivity index (χ0v) is 44.6. The van der Waals surface area contributed by atoms with E-state index in [-0.39, 0.29) is 0 Å². The summed E-state index contributed by atoms with van der Waals surface area (Å²) in [6.07, 6.45) is 0. The maximum atomic E-state index is 5.87. The van der Waals surface area contributed by atoms with Gasteiger partial charge in [0.25, 0.3) is 0 Å². The average Bonchev–Trinajstić information content (AvgIpc) is 4.09. The van der Waals surface area contributed by atoms with Crippen molar-refractivity contribution in [3.8, 4) is 5.75 Å². The highest BCUT2D eigenvalue weighted by molar-refractivity contribution is 7.19. The molecule has 10 heteroatoms. The number of halogens is 5. The van der Waals surface area contributed by atoms with Crippen molar-refractivity contribution >= 4 is 144 Å². The molecule has 4 heterocycles. The van der Waals surface area contributed by atoms with Crippen molar-refractivity contribution in [3.63, 3.8) is 0 Å². The maximum Gasteiger partial charge on any atom is 0.135 e. The third kappa shape index (κ3) is 14.8. The van der Waals surface area contributed by atoms with Crippen molar-refractivity contribution in [3.05, 3.63) is 227 Å². The lowest BCUT2D eigenvalue weighted by molar-refractivity contribution is 0.415. The largest absolute Gasteiger partial charge is 0.497 e. The summed E-state index contributed by atoms with van der Waals surface area (Å²) in [5.74, 6) is 1.83. The topological polar surface area (TPSA) is 38.2 Å². The Morgan fingerprint density at radius 2 is 0.884 bits per heavy atom. The van der Waals surface area contributed by atoms with Crippen molar-refractivity contribution in [2.75, 3.05) is 7.11 Å². The van der Waals surface area contributed by atoms with Gasteiger partial charge in [0.1, 0.15) is 17.1 Å². The molecule has 0 saturated heterocycles. The monoisotopic (exact) mass is 1040 g/mol. The van der Waals surface area contributed by atoms with Gasteiger partial charge in [-0.1, -0.05) is 124 Å². The molecule has 0 spiro atoms. The number of fused-ring (bicyclic) bond motifs is 6. The molecule has 0 atom stereocenters. The van der Waals surface area contributed by atoms with Crippen LogP contribution in [0.25, 0.3) is 63.6 Å². The van der Waals surface area contributed by atoms with Crippen LogP contribution in [0.5, 0.6) is 5.75 Å². The van der Waals surface area contributed by atoms with Gasteiger partial charge in [-0.15, -0.1) is 22.7 Å². The molecule has 8 aromatic carbocycles. The molecule has 69 heavy (non-hydrogen) atoms. The molecule has 0 saturated carbocycles. The summed E-state index contributed by atoms with van der Waals surface area (Å²) in [6, 6.07) is 56.7. The Morgan fingerprint density at radius 3 is 1.55 bits per heavy atom. The van der Waals surface area contributed by atoms with Gasteiger partial charge in [0.2, 0.25) is 0 Å². The summed E-state index contributed by atoms with van der Waals surface area (Å²) in [7, 11) is 1.69. The molecule has 350 valence electrons. The first kappa shape index (κ1) is 51.4. The molecule has 3 nitrogen and oxygen atoms in total. The van der Waals surface area contributed by atoms with Gasteiger partial charge in [0.05, 0.1) is 7.11 Å². The Hall–Kier alpha value is -5.47. The van der Waals surface area contributed by atoms with Crippen LogP contribution in [0.3, 0.4) is 0 Å². The number of aryl methyl sites for hydroxylation is 6. The van der Waals surface area contributed by atoms with E-state index >= 15 is 0 Å². The Bertz CT molecular complexity index is 3310. The second-order valence-electron chi connectivity index (χ2n) is 16.5. The fraction of sp³-hybridized carbons (Fsp3) is 0.119. The van der Waals surface area contributed by atoms with Crippen LogP contribution in [-0.4, -0.2) is 12.1 Å². The van der Waals surface area contributed by atoms with E-state index in [0.717, 1.165) is 48.1 Å². The molecule has 0 aliphatic rings. The SMILES string of the molecule is COc1ccc2ccc(C)cc2c1.Cc1cc2cc(Cl)ccc2[nH]1.Cc1cc2cc(Cl)ccc2s1.Cc1cc2ccc(Cl)cc2o1.Cc1cc2ccc(Cl)cc2s1.Cc1ccc2ccc(Cl)cc2c1. The fourth-order valence-corrected chi connectivity index (χ4v) is 10.3. The Kier molecular flexibility index (Phi) is 17.8. The maximum absolute atomic E-state index is 5.87. The summed E-state index contributed by atoms with van der Waals surface area (Å²) < 4.78 is 13.1. The summed E-state index contributed by atoms with van der Waals surface area (Å²) in [5, 5.41) is 13.7. The second-order valence-corrected chi connectivity index (χ2v) is 21.3. The van der Waals surface area contributed by atoms with E-state index in [0.29, 0.717) is 5.02 Å². The van der Waals surface area contributed by atoms with E-state index < -0.39 is 0 Å². The van der Waals surface area contributed by atoms with Crippen LogP contribution >= 0.6 is 80.7 Å². The minimum Gasteiger partial charge on any atom is -0.497 e. The van der Waals surface area contributed by atoms with Gasteiger partial charge in [-0.3, -0.25) is 0 Å². The molecule has 1 N–H and O–H groups in total. The number of ether oxygens (including phenoxy) is 1. The number of furan rings is 1. The molecule has 0 unspecified atom stereocenters. The van der Waals surface area contributed by atoms with Crippen molar-refractivity contribution in [1.29, 1.82) is 0 Å². The molecule has 0 radical (unpaired) electrons. The van der Waals surface area contributed by atoms with Crippen molar-refractivity contribution < 1.29 is 9.15 Å². The number of nitrogens with one attached hydrogen (secondary N) is 1. The quantitative estimate of drug-likeness (QED) is 0.178. The van der Waals surface area contributed by atoms with Crippen molar-refractivity contribution in [2.45, 2.75) is 41.5 Å². The highest BCUT2D eigenvalue weighted by Crippen LogP contribution is 2.29. The van der Waals surface area contributed by atoms with E-state index in [1.165, 1.54) is 73.7 Å². The summed E-state index contributed by atoms with van der Waals surface area (Å²) in [4.78, 5) is 5.90. The zero-order valence-electron chi connectivity index (χ0n) is 39.2. The molecular weight excluding hydrogens is 996 g/mol. The Morgan fingerprint density at radius 1 is 0.391 bits per heavy atom. The van der Waals surface area contributed by atoms with Crippen molar-refractivity contribution in [2.24, 2.45) is 0 Å². The van der Waals surface area contributed by atoms with Gasteiger partial charge >= 0.3 is 0 Å². The van der Waals surface area contributed by atoms with Crippen LogP contribution in [0.4, 0.5) is 0 Å². The third-order valence-electron chi connectivity index (χ3n) is 10.7. The summed E-state index contributed by atoms with van der Waals surface area (Å²) >= 11 is 32.7. The first-order valence-electron chi connectivity index (χ1n) is 22.0. The van der Waals surface area contributed by atoms with Crippen LogP contribution in [0.1, 0.15) is 32.3 Å². The van der Waals surface area contributed by atoms with Gasteiger partial charge in [0, 0.05) is 66.3 Å². The van der Waals surface area contributed by atoms with Gasteiger partial charge in [-0.2, -0.15) is 0 Å². The minimum atomic E-state index is 0.715. The van der Waals surface area contributed by atoms with Gasteiger partial charge < -0.3 is 14.1 Å². The second kappa shape index (κ2) is 23.9. The highest BCUT2D eigenvalue weighted by Gasteiger charge is 2.02. The zero-order chi connectivity index (χ0) is 49.2. The molecular formula is C59H50Cl5NO2S2. The van der Waals surface area contributed by atoms with Crippen molar-refractivity contribution in [1.82, 2.24) is 4.98 Å². The molecule has 4 aromatic heterocycles.